The minimum atomic E-state index is -0.909. The summed E-state index contributed by atoms with van der Waals surface area (Å²) in [6, 6.07) is -0.909. The molecule has 7 heteroatoms. The van der Waals surface area contributed by atoms with Crippen LogP contribution in [0.15, 0.2) is 0 Å². The Morgan fingerprint density at radius 3 is 2.45 bits per heavy atom. The van der Waals surface area contributed by atoms with Gasteiger partial charge in [-0.25, -0.2) is 14.4 Å². The van der Waals surface area contributed by atoms with Gasteiger partial charge in [0.15, 0.2) is 0 Å². The molecule has 7 nitrogen and oxygen atoms in total. The van der Waals surface area contributed by atoms with Gasteiger partial charge in [-0.15, -0.1) is 0 Å². The Morgan fingerprint density at radius 1 is 1.40 bits per heavy atom. The molecule has 1 aliphatic heterocycles. The minimum Gasteiger partial charge on any atom is -0.460 e. The topological polar surface area (TPSA) is 90.9 Å². The second kappa shape index (κ2) is 6.11. The van der Waals surface area contributed by atoms with Crippen molar-refractivity contribution >= 4 is 18.0 Å². The number of amides is 1. The van der Waals surface area contributed by atoms with Crippen LogP contribution in [0.1, 0.15) is 41.0 Å². The highest BCUT2D eigenvalue weighted by Gasteiger charge is 2.36. The van der Waals surface area contributed by atoms with Crippen molar-refractivity contribution < 1.29 is 28.6 Å². The average molecular weight is 287 g/mol. The van der Waals surface area contributed by atoms with Crippen LogP contribution in [-0.2, 0) is 23.8 Å². The lowest BCUT2D eigenvalue weighted by Crippen LogP contribution is -2.43. The number of carbonyl (C=O) groups excluding carboxylic acids is 3. The third-order valence-electron chi connectivity index (χ3n) is 2.47. The first kappa shape index (κ1) is 16.3. The Balaban J connectivity index is 2.43. The van der Waals surface area contributed by atoms with Crippen LogP contribution in [0.2, 0.25) is 0 Å². The van der Waals surface area contributed by atoms with Crippen molar-refractivity contribution in [2.75, 3.05) is 0 Å². The van der Waals surface area contributed by atoms with Crippen molar-refractivity contribution in [1.29, 1.82) is 0 Å². The summed E-state index contributed by atoms with van der Waals surface area (Å²) in [5.41, 5.74) is -0.654. The lowest BCUT2D eigenvalue weighted by atomic mass is 10.2. The molecular formula is C13H21NO6. The summed E-state index contributed by atoms with van der Waals surface area (Å²) in [6.45, 7) is 8.31. The SMILES string of the molecule is C[C@@H]1C[C@@H](OC(=O)[C@@H](C)NC(=O)OC(C)(C)C)C(=O)O1. The van der Waals surface area contributed by atoms with Gasteiger partial charge < -0.3 is 19.5 Å². The predicted octanol–water partition coefficient (Wildman–Crippen LogP) is 1.15. The van der Waals surface area contributed by atoms with Crippen LogP contribution in [0.4, 0.5) is 4.79 Å². The summed E-state index contributed by atoms with van der Waals surface area (Å²) in [7, 11) is 0. The highest BCUT2D eigenvalue weighted by molar-refractivity contribution is 5.85. The molecule has 1 amide bonds. The predicted molar refractivity (Wildman–Crippen MR) is 68.9 cm³/mol. The van der Waals surface area contributed by atoms with E-state index in [1.165, 1.54) is 6.92 Å². The Labute approximate surface area is 117 Å². The van der Waals surface area contributed by atoms with E-state index in [2.05, 4.69) is 5.32 Å². The third kappa shape index (κ3) is 5.07. The highest BCUT2D eigenvalue weighted by Crippen LogP contribution is 2.17. The number of rotatable bonds is 3. The Bertz CT molecular complexity index is 400. The van der Waals surface area contributed by atoms with E-state index in [1.807, 2.05) is 0 Å². The maximum atomic E-state index is 11.8. The summed E-state index contributed by atoms with van der Waals surface area (Å²) < 4.78 is 14.9. The zero-order chi connectivity index (χ0) is 15.5. The number of alkyl carbamates (subject to hydrolysis) is 1. The first-order valence-corrected chi connectivity index (χ1v) is 6.49. The van der Waals surface area contributed by atoms with Crippen molar-refractivity contribution in [3.05, 3.63) is 0 Å². The second-order valence-electron chi connectivity index (χ2n) is 5.78. The molecular weight excluding hydrogens is 266 g/mol. The van der Waals surface area contributed by atoms with Crippen LogP contribution in [0.5, 0.6) is 0 Å². The maximum absolute atomic E-state index is 11.8. The zero-order valence-corrected chi connectivity index (χ0v) is 12.4. The molecule has 1 heterocycles. The molecule has 1 N–H and O–H groups in total. The van der Waals surface area contributed by atoms with E-state index in [1.54, 1.807) is 27.7 Å². The smallest absolute Gasteiger partial charge is 0.408 e. The first-order chi connectivity index (χ1) is 9.08. The van der Waals surface area contributed by atoms with E-state index >= 15 is 0 Å². The number of esters is 2. The molecule has 1 saturated heterocycles. The van der Waals surface area contributed by atoms with E-state index in [9.17, 15) is 14.4 Å². The Kier molecular flexibility index (Phi) is 4.97. The highest BCUT2D eigenvalue weighted by atomic mass is 16.6. The molecule has 0 spiro atoms. The van der Waals surface area contributed by atoms with Crippen molar-refractivity contribution in [1.82, 2.24) is 5.32 Å². The summed E-state index contributed by atoms with van der Waals surface area (Å²) >= 11 is 0. The van der Waals surface area contributed by atoms with Crippen LogP contribution in [0.25, 0.3) is 0 Å². The van der Waals surface area contributed by atoms with Gasteiger partial charge in [0.2, 0.25) is 6.10 Å². The molecule has 0 aromatic heterocycles. The molecule has 1 fully saturated rings. The monoisotopic (exact) mass is 287 g/mol. The molecule has 20 heavy (non-hydrogen) atoms. The summed E-state index contributed by atoms with van der Waals surface area (Å²) in [5.74, 6) is -1.26. The van der Waals surface area contributed by atoms with Crippen LogP contribution in [0.3, 0.4) is 0 Å². The number of hydrogen-bond acceptors (Lipinski definition) is 6. The van der Waals surface area contributed by atoms with Gasteiger partial charge in [-0.2, -0.15) is 0 Å². The van der Waals surface area contributed by atoms with Gasteiger partial charge in [0, 0.05) is 6.42 Å². The maximum Gasteiger partial charge on any atom is 0.408 e. The van der Waals surface area contributed by atoms with Crippen LogP contribution < -0.4 is 5.32 Å². The van der Waals surface area contributed by atoms with Gasteiger partial charge in [0.1, 0.15) is 17.7 Å². The molecule has 0 aromatic rings. The molecule has 0 unspecified atom stereocenters. The van der Waals surface area contributed by atoms with Gasteiger partial charge in [0.25, 0.3) is 0 Å². The summed E-state index contributed by atoms with van der Waals surface area (Å²) in [5, 5.41) is 2.35. The number of carbonyl (C=O) groups is 3. The average Bonchev–Trinajstić information content (AvgIpc) is 2.54. The fourth-order valence-electron chi connectivity index (χ4n) is 1.60. The number of nitrogens with one attached hydrogen (secondary N) is 1. The van der Waals surface area contributed by atoms with E-state index in [-0.39, 0.29) is 6.10 Å². The van der Waals surface area contributed by atoms with Gasteiger partial charge in [-0.05, 0) is 34.6 Å². The van der Waals surface area contributed by atoms with Crippen LogP contribution in [0, 0.1) is 0 Å². The minimum absolute atomic E-state index is 0.269. The van der Waals surface area contributed by atoms with Crippen molar-refractivity contribution in [2.45, 2.75) is 64.9 Å². The van der Waals surface area contributed by atoms with Crippen LogP contribution >= 0.6 is 0 Å². The summed E-state index contributed by atoms with van der Waals surface area (Å²) in [4.78, 5) is 34.6. The Morgan fingerprint density at radius 2 is 2.00 bits per heavy atom. The van der Waals surface area contributed by atoms with Gasteiger partial charge >= 0.3 is 18.0 Å². The quantitative estimate of drug-likeness (QED) is 0.618. The van der Waals surface area contributed by atoms with Gasteiger partial charge in [0.05, 0.1) is 0 Å². The van der Waals surface area contributed by atoms with E-state index in [0.717, 1.165) is 0 Å². The standard InChI is InChI=1S/C13H21NO6/c1-7-6-9(11(16)18-7)19-10(15)8(2)14-12(17)20-13(3,4)5/h7-9H,6H2,1-5H3,(H,14,17)/t7-,8-,9-/m1/s1. The summed E-state index contributed by atoms with van der Waals surface area (Å²) in [6.07, 6.45) is -1.57. The first-order valence-electron chi connectivity index (χ1n) is 6.49. The number of cyclic esters (lactones) is 1. The molecule has 1 aliphatic rings. The largest absolute Gasteiger partial charge is 0.460 e. The molecule has 3 atom stereocenters. The zero-order valence-electron chi connectivity index (χ0n) is 12.4. The lowest BCUT2D eigenvalue weighted by molar-refractivity contribution is -0.161. The number of ether oxygens (including phenoxy) is 3. The second-order valence-corrected chi connectivity index (χ2v) is 5.78. The lowest BCUT2D eigenvalue weighted by Gasteiger charge is -2.21. The molecule has 0 bridgehead atoms. The van der Waals surface area contributed by atoms with Crippen molar-refractivity contribution in [2.24, 2.45) is 0 Å². The third-order valence-corrected chi connectivity index (χ3v) is 2.47. The molecule has 1 rings (SSSR count). The fraction of sp³-hybridized carbons (Fsp3) is 0.769. The Hall–Kier alpha value is -1.79. The molecule has 0 saturated carbocycles. The molecule has 114 valence electrons. The van der Waals surface area contributed by atoms with E-state index < -0.39 is 35.8 Å². The molecule has 0 aromatic carbocycles. The normalized spacial score (nSPS) is 23.8. The van der Waals surface area contributed by atoms with E-state index in [4.69, 9.17) is 14.2 Å². The van der Waals surface area contributed by atoms with Gasteiger partial charge in [-0.3, -0.25) is 0 Å². The van der Waals surface area contributed by atoms with Crippen LogP contribution in [-0.4, -0.2) is 41.9 Å². The molecule has 0 radical (unpaired) electrons. The number of hydrogen-bond donors (Lipinski definition) is 1. The molecule has 0 aliphatic carbocycles. The van der Waals surface area contributed by atoms with Crippen molar-refractivity contribution in [3.8, 4) is 0 Å². The fourth-order valence-corrected chi connectivity index (χ4v) is 1.60. The van der Waals surface area contributed by atoms with Gasteiger partial charge in [-0.1, -0.05) is 0 Å². The van der Waals surface area contributed by atoms with E-state index in [0.29, 0.717) is 6.42 Å². The van der Waals surface area contributed by atoms with Crippen molar-refractivity contribution in [3.63, 3.8) is 0 Å².